The van der Waals surface area contributed by atoms with Crippen molar-refractivity contribution in [1.82, 2.24) is 4.90 Å². The lowest BCUT2D eigenvalue weighted by Gasteiger charge is -2.16. The third-order valence-electron chi connectivity index (χ3n) is 4.47. The normalized spacial score (nSPS) is 25.7. The van der Waals surface area contributed by atoms with Crippen molar-refractivity contribution in [2.24, 2.45) is 5.92 Å². The lowest BCUT2D eigenvalue weighted by atomic mass is 10.0. The van der Waals surface area contributed by atoms with Crippen LogP contribution in [0.2, 0.25) is 0 Å². The Bertz CT molecular complexity index is 515. The molecule has 0 aromatic heterocycles. The molecule has 0 bridgehead atoms. The second-order valence-electron chi connectivity index (χ2n) is 5.71. The molecule has 1 fully saturated rings. The molecule has 108 valence electrons. The zero-order valence-electron chi connectivity index (χ0n) is 12.2. The first-order chi connectivity index (χ1) is 9.69. The van der Waals surface area contributed by atoms with Crippen LogP contribution in [0.3, 0.4) is 0 Å². The fourth-order valence-electron chi connectivity index (χ4n) is 3.13. The fraction of sp³-hybridized carbons (Fsp3) is 0.562. The van der Waals surface area contributed by atoms with E-state index >= 15 is 0 Å². The van der Waals surface area contributed by atoms with Gasteiger partial charge in [0.1, 0.15) is 0 Å². The highest BCUT2D eigenvalue weighted by Crippen LogP contribution is 2.30. The number of rotatable bonds is 3. The number of ether oxygens (including phenoxy) is 1. The number of amides is 1. The lowest BCUT2D eigenvalue weighted by Crippen LogP contribution is -2.28. The molecule has 2 atom stereocenters. The van der Waals surface area contributed by atoms with E-state index in [-0.39, 0.29) is 17.9 Å². The summed E-state index contributed by atoms with van der Waals surface area (Å²) in [4.78, 5) is 14.7. The molecule has 4 heteroatoms. The number of fused-ring (bicyclic) bond motifs is 1. The van der Waals surface area contributed by atoms with Crippen molar-refractivity contribution in [2.75, 3.05) is 18.5 Å². The second-order valence-corrected chi connectivity index (χ2v) is 5.71. The molecule has 3 rings (SSSR count). The van der Waals surface area contributed by atoms with Crippen LogP contribution < -0.4 is 5.32 Å². The van der Waals surface area contributed by atoms with Crippen LogP contribution in [-0.4, -0.2) is 30.1 Å². The molecule has 1 amide bonds. The van der Waals surface area contributed by atoms with Crippen molar-refractivity contribution in [1.29, 1.82) is 0 Å². The first kappa shape index (κ1) is 13.6. The van der Waals surface area contributed by atoms with E-state index in [2.05, 4.69) is 23.2 Å². The Labute approximate surface area is 120 Å². The van der Waals surface area contributed by atoms with Crippen molar-refractivity contribution in [3.63, 3.8) is 0 Å². The lowest BCUT2D eigenvalue weighted by molar-refractivity contribution is -0.121. The first-order valence-electron chi connectivity index (χ1n) is 7.44. The summed E-state index contributed by atoms with van der Waals surface area (Å²) < 4.78 is 5.48. The van der Waals surface area contributed by atoms with Crippen LogP contribution in [0.4, 0.5) is 5.69 Å². The van der Waals surface area contributed by atoms with Crippen molar-refractivity contribution >= 4 is 11.6 Å². The average Bonchev–Trinajstić information content (AvgIpc) is 3.04. The van der Waals surface area contributed by atoms with Gasteiger partial charge in [-0.05, 0) is 37.1 Å². The summed E-state index contributed by atoms with van der Waals surface area (Å²) in [5, 5.41) is 3.11. The maximum Gasteiger partial charge on any atom is 0.230 e. The maximum atomic E-state index is 12.4. The maximum absolute atomic E-state index is 12.4. The molecule has 2 aliphatic rings. The smallest absolute Gasteiger partial charge is 0.230 e. The summed E-state index contributed by atoms with van der Waals surface area (Å²) in [5.74, 6) is 0.0767. The summed E-state index contributed by atoms with van der Waals surface area (Å²) in [6.07, 6.45) is 0.849. The summed E-state index contributed by atoms with van der Waals surface area (Å²) in [7, 11) is 0. The first-order valence-corrected chi connectivity index (χ1v) is 7.44. The highest BCUT2D eigenvalue weighted by atomic mass is 16.5. The Morgan fingerprint density at radius 3 is 3.00 bits per heavy atom. The number of carbonyl (C=O) groups is 1. The van der Waals surface area contributed by atoms with Crippen molar-refractivity contribution < 1.29 is 9.53 Å². The van der Waals surface area contributed by atoms with Gasteiger partial charge in [-0.15, -0.1) is 0 Å². The minimum Gasteiger partial charge on any atom is -0.378 e. The number of hydrogen-bond donors (Lipinski definition) is 1. The molecular weight excluding hydrogens is 252 g/mol. The van der Waals surface area contributed by atoms with Crippen LogP contribution in [0.5, 0.6) is 0 Å². The van der Waals surface area contributed by atoms with Crippen LogP contribution in [0, 0.1) is 5.92 Å². The Balaban J connectivity index is 1.76. The van der Waals surface area contributed by atoms with Gasteiger partial charge < -0.3 is 10.1 Å². The van der Waals surface area contributed by atoms with E-state index in [0.717, 1.165) is 31.7 Å². The molecule has 0 unspecified atom stereocenters. The largest absolute Gasteiger partial charge is 0.378 e. The minimum absolute atomic E-state index is 0.0189. The van der Waals surface area contributed by atoms with Gasteiger partial charge in [-0.3, -0.25) is 9.69 Å². The van der Waals surface area contributed by atoms with Crippen LogP contribution in [-0.2, 0) is 22.6 Å². The molecule has 0 aliphatic carbocycles. The van der Waals surface area contributed by atoms with Gasteiger partial charge in [0.05, 0.1) is 12.0 Å². The minimum atomic E-state index is -0.0189. The van der Waals surface area contributed by atoms with Crippen LogP contribution in [0.1, 0.15) is 31.4 Å². The van der Waals surface area contributed by atoms with Crippen molar-refractivity contribution in [2.45, 2.75) is 39.5 Å². The quantitative estimate of drug-likeness (QED) is 0.920. The van der Waals surface area contributed by atoms with Gasteiger partial charge in [0, 0.05) is 25.4 Å². The average molecular weight is 274 g/mol. The van der Waals surface area contributed by atoms with Gasteiger partial charge in [-0.1, -0.05) is 19.1 Å². The number of anilines is 1. The summed E-state index contributed by atoms with van der Waals surface area (Å²) >= 11 is 0. The van der Waals surface area contributed by atoms with Gasteiger partial charge in [0.2, 0.25) is 5.91 Å². The van der Waals surface area contributed by atoms with Crippen LogP contribution in [0.15, 0.2) is 18.2 Å². The molecule has 2 aliphatic heterocycles. The predicted octanol–water partition coefficient (Wildman–Crippen LogP) is 2.39. The Morgan fingerprint density at radius 1 is 1.45 bits per heavy atom. The van der Waals surface area contributed by atoms with E-state index < -0.39 is 0 Å². The van der Waals surface area contributed by atoms with Crippen molar-refractivity contribution in [3.8, 4) is 0 Å². The molecule has 1 saturated heterocycles. The van der Waals surface area contributed by atoms with Crippen molar-refractivity contribution in [3.05, 3.63) is 29.3 Å². The van der Waals surface area contributed by atoms with E-state index in [1.54, 1.807) is 0 Å². The third-order valence-corrected chi connectivity index (χ3v) is 4.47. The molecule has 1 aromatic rings. The van der Waals surface area contributed by atoms with E-state index in [4.69, 9.17) is 4.74 Å². The van der Waals surface area contributed by atoms with Gasteiger partial charge in [0.15, 0.2) is 0 Å². The van der Waals surface area contributed by atoms with Crippen LogP contribution >= 0.6 is 0 Å². The van der Waals surface area contributed by atoms with E-state index in [9.17, 15) is 4.79 Å². The van der Waals surface area contributed by atoms with Gasteiger partial charge in [0.25, 0.3) is 0 Å². The predicted molar refractivity (Wildman–Crippen MR) is 78.4 cm³/mol. The van der Waals surface area contributed by atoms with E-state index in [1.165, 1.54) is 11.1 Å². The second kappa shape index (κ2) is 5.54. The zero-order valence-corrected chi connectivity index (χ0v) is 12.2. The van der Waals surface area contributed by atoms with Crippen LogP contribution in [0.25, 0.3) is 0 Å². The molecule has 0 spiro atoms. The monoisotopic (exact) mass is 274 g/mol. The summed E-state index contributed by atoms with van der Waals surface area (Å²) in [6, 6.07) is 6.19. The Hall–Kier alpha value is -1.39. The molecule has 20 heavy (non-hydrogen) atoms. The molecule has 1 aromatic carbocycles. The van der Waals surface area contributed by atoms with E-state index in [1.807, 2.05) is 19.1 Å². The van der Waals surface area contributed by atoms with E-state index in [0.29, 0.717) is 6.61 Å². The highest BCUT2D eigenvalue weighted by Gasteiger charge is 2.31. The third kappa shape index (κ3) is 2.45. The van der Waals surface area contributed by atoms with Gasteiger partial charge in [-0.2, -0.15) is 0 Å². The number of carbonyl (C=O) groups excluding carboxylic acids is 1. The number of benzene rings is 1. The Kier molecular flexibility index (Phi) is 3.76. The molecule has 0 saturated carbocycles. The molecule has 0 radical (unpaired) electrons. The number of hydrogen-bond acceptors (Lipinski definition) is 3. The topological polar surface area (TPSA) is 41.6 Å². The number of nitrogens with zero attached hydrogens (tertiary/aromatic N) is 1. The molecule has 2 heterocycles. The molecule has 4 nitrogen and oxygen atoms in total. The zero-order chi connectivity index (χ0) is 14.1. The summed E-state index contributed by atoms with van der Waals surface area (Å²) in [6.45, 7) is 7.79. The fourth-order valence-corrected chi connectivity index (χ4v) is 3.13. The Morgan fingerprint density at radius 2 is 2.30 bits per heavy atom. The SMILES string of the molecule is CCN1Cc2cccc(NC(=O)[C@@H]3CCO[C@@H]3C)c2C1. The molecule has 1 N–H and O–H groups in total. The molecular formula is C16H22N2O2. The standard InChI is InChI=1S/C16H22N2O2/c1-3-18-9-12-5-4-6-15(14(12)10-18)17-16(19)13-7-8-20-11(13)2/h4-6,11,13H,3,7-10H2,1-2H3,(H,17,19)/t11-,13-/m1/s1. The summed E-state index contributed by atoms with van der Waals surface area (Å²) in [5.41, 5.74) is 3.58. The van der Waals surface area contributed by atoms with Gasteiger partial charge in [-0.25, -0.2) is 0 Å². The number of nitrogens with one attached hydrogen (secondary N) is 1. The highest BCUT2D eigenvalue weighted by molar-refractivity contribution is 5.94. The van der Waals surface area contributed by atoms with Gasteiger partial charge >= 0.3 is 0 Å².